The lowest BCUT2D eigenvalue weighted by Crippen LogP contribution is -2.03. The zero-order valence-electron chi connectivity index (χ0n) is 14.3. The van der Waals surface area contributed by atoms with Crippen LogP contribution in [-0.4, -0.2) is 22.6 Å². The Bertz CT molecular complexity index is 1030. The molecule has 0 saturated carbocycles. The lowest BCUT2D eigenvalue weighted by molar-refractivity contribution is 0.413. The molecule has 0 atom stereocenters. The number of ether oxygens (including phenoxy) is 1. The number of rotatable bonds is 6. The summed E-state index contributed by atoms with van der Waals surface area (Å²) in [6.07, 6.45) is 0. The van der Waals surface area contributed by atoms with Crippen LogP contribution in [0.2, 0.25) is 0 Å². The van der Waals surface area contributed by atoms with E-state index in [-0.39, 0.29) is 14.7 Å². The predicted octanol–water partition coefficient (Wildman–Crippen LogP) is 4.12. The normalized spacial score (nSPS) is 11.5. The van der Waals surface area contributed by atoms with Gasteiger partial charge in [0.2, 0.25) is 9.84 Å². The molecule has 0 radical (unpaired) electrons. The highest BCUT2D eigenvalue weighted by molar-refractivity contribution is 7.93. The van der Waals surface area contributed by atoms with E-state index in [1.54, 1.807) is 43.4 Å². The highest BCUT2D eigenvalue weighted by atomic mass is 32.2. The Morgan fingerprint density at radius 1 is 1.08 bits per heavy atom. The first kappa shape index (κ1) is 18.6. The van der Waals surface area contributed by atoms with Crippen molar-refractivity contribution in [2.45, 2.75) is 15.6 Å². The van der Waals surface area contributed by atoms with E-state index >= 15 is 0 Å². The molecule has 0 fully saturated rings. The summed E-state index contributed by atoms with van der Waals surface area (Å²) in [6, 6.07) is 14.2. The van der Waals surface area contributed by atoms with Gasteiger partial charge in [0.25, 0.3) is 0 Å². The molecule has 3 aromatic rings. The topological polar surface area (TPSA) is 55.4 Å². The van der Waals surface area contributed by atoms with Gasteiger partial charge in [-0.25, -0.2) is 12.8 Å². The van der Waals surface area contributed by atoms with Crippen LogP contribution < -0.4 is 10.1 Å². The zero-order chi connectivity index (χ0) is 18.7. The molecule has 26 heavy (non-hydrogen) atoms. The minimum atomic E-state index is -3.82. The van der Waals surface area contributed by atoms with Crippen molar-refractivity contribution in [2.75, 3.05) is 14.2 Å². The third kappa shape index (κ3) is 3.51. The molecular formula is C19H18FNO3S2. The molecule has 0 amide bonds. The molecule has 0 aliphatic heterocycles. The maximum atomic E-state index is 14.3. The summed E-state index contributed by atoms with van der Waals surface area (Å²) in [5.74, 6) is -0.00563. The molecule has 0 aliphatic rings. The second-order valence-electron chi connectivity index (χ2n) is 5.61. The third-order valence-corrected chi connectivity index (χ3v) is 7.28. The zero-order valence-corrected chi connectivity index (χ0v) is 16.0. The summed E-state index contributed by atoms with van der Waals surface area (Å²) in [6.45, 7) is 0.500. The van der Waals surface area contributed by atoms with Crippen LogP contribution in [-0.2, 0) is 16.4 Å². The number of hydrogen-bond donors (Lipinski definition) is 1. The van der Waals surface area contributed by atoms with Crippen LogP contribution in [0.3, 0.4) is 0 Å². The summed E-state index contributed by atoms with van der Waals surface area (Å²) in [4.78, 5) is 0.930. The quantitative estimate of drug-likeness (QED) is 0.687. The second-order valence-corrected chi connectivity index (χ2v) is 8.89. The summed E-state index contributed by atoms with van der Waals surface area (Å²) in [5.41, 5.74) is 0.647. The van der Waals surface area contributed by atoms with E-state index in [9.17, 15) is 12.8 Å². The number of hydrogen-bond acceptors (Lipinski definition) is 5. The van der Waals surface area contributed by atoms with Crippen molar-refractivity contribution < 1.29 is 17.5 Å². The Morgan fingerprint density at radius 3 is 2.54 bits per heavy atom. The largest absolute Gasteiger partial charge is 0.497 e. The number of thiophene rings is 1. The van der Waals surface area contributed by atoms with E-state index in [2.05, 4.69) is 5.32 Å². The van der Waals surface area contributed by atoms with Crippen LogP contribution in [0.15, 0.2) is 63.7 Å². The van der Waals surface area contributed by atoms with Gasteiger partial charge in [-0.2, -0.15) is 0 Å². The molecule has 1 aromatic heterocycles. The highest BCUT2D eigenvalue weighted by Crippen LogP contribution is 2.39. The molecule has 0 unspecified atom stereocenters. The molecular weight excluding hydrogens is 373 g/mol. The van der Waals surface area contributed by atoms with Crippen LogP contribution in [0.1, 0.15) is 4.88 Å². The molecule has 7 heteroatoms. The number of sulfone groups is 1. The molecule has 0 aliphatic carbocycles. The van der Waals surface area contributed by atoms with Gasteiger partial charge < -0.3 is 10.1 Å². The average molecular weight is 391 g/mol. The summed E-state index contributed by atoms with van der Waals surface area (Å²) < 4.78 is 46.1. The van der Waals surface area contributed by atoms with Crippen molar-refractivity contribution in [3.05, 3.63) is 65.3 Å². The van der Waals surface area contributed by atoms with E-state index in [1.165, 1.54) is 25.3 Å². The van der Waals surface area contributed by atoms with E-state index in [1.807, 2.05) is 0 Å². The van der Waals surface area contributed by atoms with Crippen molar-refractivity contribution in [2.24, 2.45) is 0 Å². The minimum Gasteiger partial charge on any atom is -0.497 e. The second kappa shape index (κ2) is 7.57. The van der Waals surface area contributed by atoms with Gasteiger partial charge in [0, 0.05) is 22.5 Å². The first-order chi connectivity index (χ1) is 12.5. The van der Waals surface area contributed by atoms with Crippen LogP contribution in [0.5, 0.6) is 5.75 Å². The van der Waals surface area contributed by atoms with Crippen molar-refractivity contribution >= 4 is 21.2 Å². The Balaban J connectivity index is 2.21. The van der Waals surface area contributed by atoms with Crippen molar-refractivity contribution in [1.82, 2.24) is 5.32 Å². The first-order valence-corrected chi connectivity index (χ1v) is 10.2. The number of halogens is 1. The van der Waals surface area contributed by atoms with Gasteiger partial charge in [0.1, 0.15) is 15.8 Å². The molecule has 136 valence electrons. The fourth-order valence-electron chi connectivity index (χ4n) is 2.63. The number of nitrogens with one attached hydrogen (secondary N) is 1. The third-order valence-electron chi connectivity index (χ3n) is 3.86. The van der Waals surface area contributed by atoms with E-state index in [0.717, 1.165) is 16.2 Å². The summed E-state index contributed by atoms with van der Waals surface area (Å²) in [7, 11) is -0.565. The molecule has 4 nitrogen and oxygen atoms in total. The van der Waals surface area contributed by atoms with Crippen LogP contribution in [0.4, 0.5) is 4.39 Å². The van der Waals surface area contributed by atoms with Crippen LogP contribution >= 0.6 is 11.3 Å². The average Bonchev–Trinajstić information content (AvgIpc) is 3.07. The van der Waals surface area contributed by atoms with Gasteiger partial charge in [-0.15, -0.1) is 11.3 Å². The highest BCUT2D eigenvalue weighted by Gasteiger charge is 2.27. The molecule has 1 N–H and O–H groups in total. The molecule has 0 saturated heterocycles. The molecule has 1 heterocycles. The van der Waals surface area contributed by atoms with Gasteiger partial charge >= 0.3 is 0 Å². The number of methoxy groups -OCH3 is 1. The minimum absolute atomic E-state index is 0.118. The molecule has 2 aromatic carbocycles. The Kier molecular flexibility index (Phi) is 5.41. The van der Waals surface area contributed by atoms with Gasteiger partial charge in [-0.05, 0) is 37.4 Å². The van der Waals surface area contributed by atoms with Crippen molar-refractivity contribution in [3.63, 3.8) is 0 Å². The van der Waals surface area contributed by atoms with Crippen LogP contribution in [0.25, 0.3) is 11.1 Å². The SMILES string of the molecule is CNCc1cc(-c2ccccc2F)c(S(=O)(=O)c2cccc(OC)c2)s1. The monoisotopic (exact) mass is 391 g/mol. The van der Waals surface area contributed by atoms with E-state index in [4.69, 9.17) is 4.74 Å². The van der Waals surface area contributed by atoms with Crippen molar-refractivity contribution in [3.8, 4) is 16.9 Å². The van der Waals surface area contributed by atoms with E-state index < -0.39 is 15.7 Å². The molecule has 3 rings (SSSR count). The Hall–Kier alpha value is -2.22. The van der Waals surface area contributed by atoms with Crippen LogP contribution in [0, 0.1) is 5.82 Å². The number of benzene rings is 2. The van der Waals surface area contributed by atoms with Gasteiger partial charge in [0.15, 0.2) is 0 Å². The maximum absolute atomic E-state index is 14.3. The van der Waals surface area contributed by atoms with Gasteiger partial charge in [-0.3, -0.25) is 0 Å². The summed E-state index contributed by atoms with van der Waals surface area (Å²) >= 11 is 1.14. The van der Waals surface area contributed by atoms with E-state index in [0.29, 0.717) is 17.9 Å². The Morgan fingerprint density at radius 2 is 1.85 bits per heavy atom. The van der Waals surface area contributed by atoms with Crippen molar-refractivity contribution in [1.29, 1.82) is 0 Å². The lowest BCUT2D eigenvalue weighted by atomic mass is 10.1. The first-order valence-electron chi connectivity index (χ1n) is 7.88. The van der Waals surface area contributed by atoms with Gasteiger partial charge in [0.05, 0.1) is 12.0 Å². The van der Waals surface area contributed by atoms with Gasteiger partial charge in [-0.1, -0.05) is 24.3 Å². The standard InChI is InChI=1S/C19H18FNO3S2/c1-21-12-14-11-17(16-8-3-4-9-18(16)20)19(25-14)26(22,23)15-7-5-6-13(10-15)24-2/h3-11,21H,12H2,1-2H3. The fraction of sp³-hybridized carbons (Fsp3) is 0.158. The smallest absolute Gasteiger partial charge is 0.216 e. The maximum Gasteiger partial charge on any atom is 0.216 e. The predicted molar refractivity (Wildman–Crippen MR) is 101 cm³/mol. The molecule has 0 spiro atoms. The fourth-order valence-corrected chi connectivity index (χ4v) is 5.79. The Labute approximate surface area is 156 Å². The lowest BCUT2D eigenvalue weighted by Gasteiger charge is -2.08. The molecule has 0 bridgehead atoms. The summed E-state index contributed by atoms with van der Waals surface area (Å²) in [5, 5.41) is 3.00.